The van der Waals surface area contributed by atoms with Crippen LogP contribution >= 0.6 is 11.6 Å². The molecule has 5 heteroatoms. The summed E-state index contributed by atoms with van der Waals surface area (Å²) in [5.74, 6) is 0.282. The van der Waals surface area contributed by atoms with E-state index in [9.17, 15) is 4.79 Å². The lowest BCUT2D eigenvalue weighted by molar-refractivity contribution is -0.125. The molecule has 0 saturated carbocycles. The summed E-state index contributed by atoms with van der Waals surface area (Å²) in [6, 6.07) is 5.83. The van der Waals surface area contributed by atoms with Crippen LogP contribution in [0, 0.1) is 5.92 Å². The van der Waals surface area contributed by atoms with Crippen molar-refractivity contribution in [1.82, 2.24) is 5.32 Å². The first-order chi connectivity index (χ1) is 9.15. The average molecular weight is 282 g/mol. The van der Waals surface area contributed by atoms with Crippen LogP contribution in [0.5, 0.6) is 0 Å². The molecular weight excluding hydrogens is 262 g/mol. The smallest absolute Gasteiger partial charge is 0.222 e. The number of amides is 1. The number of hydrogen-bond acceptors (Lipinski definition) is 3. The largest absolute Gasteiger partial charge is 0.371 e. The summed E-state index contributed by atoms with van der Waals surface area (Å²) in [6.45, 7) is 2.24. The van der Waals surface area contributed by atoms with E-state index in [4.69, 9.17) is 17.3 Å². The normalized spacial score (nSPS) is 16.5. The molecule has 0 bridgehead atoms. The Hall–Kier alpha value is -1.26. The van der Waals surface area contributed by atoms with E-state index in [-0.39, 0.29) is 11.8 Å². The highest BCUT2D eigenvalue weighted by molar-refractivity contribution is 6.30. The SMILES string of the molecule is CNC(=O)C1CCN(c2ccc(Cl)cc2CN)CC1. The van der Waals surface area contributed by atoms with Crippen LogP contribution in [0.4, 0.5) is 5.69 Å². The Morgan fingerprint density at radius 2 is 2.16 bits per heavy atom. The van der Waals surface area contributed by atoms with Gasteiger partial charge in [0.1, 0.15) is 0 Å². The molecule has 1 aromatic rings. The zero-order chi connectivity index (χ0) is 13.8. The monoisotopic (exact) mass is 281 g/mol. The zero-order valence-electron chi connectivity index (χ0n) is 11.2. The number of nitrogens with zero attached hydrogens (tertiary/aromatic N) is 1. The molecule has 2 rings (SSSR count). The third-order valence-corrected chi connectivity index (χ3v) is 3.95. The summed E-state index contributed by atoms with van der Waals surface area (Å²) in [5, 5.41) is 3.44. The number of hydrogen-bond donors (Lipinski definition) is 2. The van der Waals surface area contributed by atoms with Crippen molar-refractivity contribution in [2.45, 2.75) is 19.4 Å². The minimum absolute atomic E-state index is 0.134. The number of nitrogens with two attached hydrogens (primary N) is 1. The van der Waals surface area contributed by atoms with Crippen molar-refractivity contribution in [3.05, 3.63) is 28.8 Å². The van der Waals surface area contributed by atoms with Gasteiger partial charge in [-0.05, 0) is 36.6 Å². The first-order valence-electron chi connectivity index (χ1n) is 6.60. The predicted octanol–water partition coefficient (Wildman–Crippen LogP) is 1.76. The third-order valence-electron chi connectivity index (χ3n) is 3.71. The maximum atomic E-state index is 11.6. The molecule has 19 heavy (non-hydrogen) atoms. The summed E-state index contributed by atoms with van der Waals surface area (Å²) >= 11 is 5.99. The first-order valence-corrected chi connectivity index (χ1v) is 6.98. The van der Waals surface area contributed by atoms with Crippen molar-refractivity contribution in [2.24, 2.45) is 11.7 Å². The molecule has 1 aliphatic heterocycles. The van der Waals surface area contributed by atoms with Gasteiger partial charge in [-0.15, -0.1) is 0 Å². The molecule has 0 unspecified atom stereocenters. The molecule has 1 fully saturated rings. The van der Waals surface area contributed by atoms with Crippen LogP contribution < -0.4 is 16.0 Å². The molecule has 3 N–H and O–H groups in total. The molecule has 0 aromatic heterocycles. The molecule has 0 radical (unpaired) electrons. The Morgan fingerprint density at radius 1 is 1.47 bits per heavy atom. The Kier molecular flexibility index (Phi) is 4.66. The quantitative estimate of drug-likeness (QED) is 0.888. The first kappa shape index (κ1) is 14.2. The second kappa shape index (κ2) is 6.26. The van der Waals surface area contributed by atoms with Crippen molar-refractivity contribution in [3.8, 4) is 0 Å². The highest BCUT2D eigenvalue weighted by atomic mass is 35.5. The molecule has 1 aromatic carbocycles. The Balaban J connectivity index is 2.07. The maximum Gasteiger partial charge on any atom is 0.222 e. The second-order valence-electron chi connectivity index (χ2n) is 4.85. The van der Waals surface area contributed by atoms with E-state index in [1.807, 2.05) is 18.2 Å². The number of carbonyl (C=O) groups is 1. The molecule has 0 aliphatic carbocycles. The number of piperidine rings is 1. The topological polar surface area (TPSA) is 58.4 Å². The lowest BCUT2D eigenvalue weighted by atomic mass is 9.95. The van der Waals surface area contributed by atoms with Gasteiger partial charge >= 0.3 is 0 Å². The van der Waals surface area contributed by atoms with Gasteiger partial charge in [0.25, 0.3) is 0 Å². The van der Waals surface area contributed by atoms with Gasteiger partial charge in [0.2, 0.25) is 5.91 Å². The summed E-state index contributed by atoms with van der Waals surface area (Å²) in [7, 11) is 1.69. The van der Waals surface area contributed by atoms with E-state index in [1.54, 1.807) is 7.05 Å². The Labute approximate surface area is 118 Å². The number of benzene rings is 1. The van der Waals surface area contributed by atoms with Crippen molar-refractivity contribution in [3.63, 3.8) is 0 Å². The number of halogens is 1. The number of nitrogens with one attached hydrogen (secondary N) is 1. The molecule has 104 valence electrons. The van der Waals surface area contributed by atoms with E-state index in [2.05, 4.69) is 10.2 Å². The summed E-state index contributed by atoms with van der Waals surface area (Å²) in [5.41, 5.74) is 7.98. The van der Waals surface area contributed by atoms with Gasteiger partial charge in [0, 0.05) is 43.3 Å². The van der Waals surface area contributed by atoms with Gasteiger partial charge in [-0.3, -0.25) is 4.79 Å². The minimum atomic E-state index is 0.134. The fraction of sp³-hybridized carbons (Fsp3) is 0.500. The van der Waals surface area contributed by atoms with Gasteiger partial charge in [-0.25, -0.2) is 0 Å². The fourth-order valence-electron chi connectivity index (χ4n) is 2.61. The van der Waals surface area contributed by atoms with Gasteiger partial charge < -0.3 is 16.0 Å². The highest BCUT2D eigenvalue weighted by Crippen LogP contribution is 2.28. The van der Waals surface area contributed by atoms with Gasteiger partial charge in [-0.1, -0.05) is 11.6 Å². The summed E-state index contributed by atoms with van der Waals surface area (Å²) in [4.78, 5) is 13.9. The van der Waals surface area contributed by atoms with Crippen LogP contribution in [-0.4, -0.2) is 26.0 Å². The van der Waals surface area contributed by atoms with Crippen LogP contribution in [0.25, 0.3) is 0 Å². The molecule has 1 saturated heterocycles. The number of anilines is 1. The Bertz CT molecular complexity index is 456. The van der Waals surface area contributed by atoms with E-state index >= 15 is 0 Å². The predicted molar refractivity (Wildman–Crippen MR) is 78.3 cm³/mol. The maximum absolute atomic E-state index is 11.6. The van der Waals surface area contributed by atoms with E-state index in [1.165, 1.54) is 0 Å². The number of rotatable bonds is 3. The van der Waals surface area contributed by atoms with Crippen LogP contribution in [0.2, 0.25) is 5.02 Å². The van der Waals surface area contributed by atoms with Crippen LogP contribution in [0.15, 0.2) is 18.2 Å². The third kappa shape index (κ3) is 3.19. The van der Waals surface area contributed by atoms with Crippen molar-refractivity contribution >= 4 is 23.2 Å². The average Bonchev–Trinajstić information content (AvgIpc) is 2.46. The summed E-state index contributed by atoms with van der Waals surface area (Å²) in [6.07, 6.45) is 1.76. The zero-order valence-corrected chi connectivity index (χ0v) is 11.9. The molecule has 0 atom stereocenters. The lowest BCUT2D eigenvalue weighted by Gasteiger charge is -2.34. The number of carbonyl (C=O) groups excluding carboxylic acids is 1. The van der Waals surface area contributed by atoms with Crippen LogP contribution in [-0.2, 0) is 11.3 Å². The van der Waals surface area contributed by atoms with Crippen LogP contribution in [0.3, 0.4) is 0 Å². The summed E-state index contributed by atoms with van der Waals surface area (Å²) < 4.78 is 0. The molecule has 4 nitrogen and oxygen atoms in total. The van der Waals surface area contributed by atoms with Gasteiger partial charge in [0.15, 0.2) is 0 Å². The lowest BCUT2D eigenvalue weighted by Crippen LogP contribution is -2.40. The Morgan fingerprint density at radius 3 is 2.74 bits per heavy atom. The molecule has 1 aliphatic rings. The van der Waals surface area contributed by atoms with Gasteiger partial charge in [0.05, 0.1) is 0 Å². The van der Waals surface area contributed by atoms with Crippen molar-refractivity contribution in [2.75, 3.05) is 25.0 Å². The standard InChI is InChI=1S/C14H20ClN3O/c1-17-14(19)10-4-6-18(7-5-10)13-3-2-12(15)8-11(13)9-16/h2-3,8,10H,4-7,9,16H2,1H3,(H,17,19). The van der Waals surface area contributed by atoms with E-state index < -0.39 is 0 Å². The van der Waals surface area contributed by atoms with Crippen molar-refractivity contribution < 1.29 is 4.79 Å². The molecular formula is C14H20ClN3O. The molecule has 1 amide bonds. The van der Waals surface area contributed by atoms with E-state index in [0.29, 0.717) is 11.6 Å². The van der Waals surface area contributed by atoms with Gasteiger partial charge in [-0.2, -0.15) is 0 Å². The highest BCUT2D eigenvalue weighted by Gasteiger charge is 2.25. The molecule has 0 spiro atoms. The van der Waals surface area contributed by atoms with E-state index in [0.717, 1.165) is 37.2 Å². The minimum Gasteiger partial charge on any atom is -0.371 e. The fourth-order valence-corrected chi connectivity index (χ4v) is 2.81. The second-order valence-corrected chi connectivity index (χ2v) is 5.29. The van der Waals surface area contributed by atoms with Crippen LogP contribution in [0.1, 0.15) is 18.4 Å². The van der Waals surface area contributed by atoms with Crippen molar-refractivity contribution in [1.29, 1.82) is 0 Å². The molecule has 1 heterocycles.